The molecule has 6 heteroatoms. The number of hydrogen-bond acceptors (Lipinski definition) is 4. The summed E-state index contributed by atoms with van der Waals surface area (Å²) in [6.07, 6.45) is 6.33. The molecular weight excluding hydrogens is 376 g/mol. The third-order valence-corrected chi connectivity index (χ3v) is 5.22. The molecule has 0 aliphatic carbocycles. The zero-order valence-corrected chi connectivity index (χ0v) is 17.1. The second-order valence-corrected chi connectivity index (χ2v) is 7.17. The van der Waals surface area contributed by atoms with E-state index >= 15 is 0 Å². The van der Waals surface area contributed by atoms with Gasteiger partial charge in [0.15, 0.2) is 0 Å². The van der Waals surface area contributed by atoms with E-state index in [0.29, 0.717) is 19.4 Å². The maximum atomic E-state index is 12.5. The van der Waals surface area contributed by atoms with Crippen LogP contribution >= 0.6 is 0 Å². The van der Waals surface area contributed by atoms with E-state index in [1.807, 2.05) is 43.4 Å². The topological polar surface area (TPSA) is 69.0 Å². The molecule has 4 rings (SSSR count). The first-order valence-corrected chi connectivity index (χ1v) is 9.89. The summed E-state index contributed by atoms with van der Waals surface area (Å²) >= 11 is 0. The summed E-state index contributed by atoms with van der Waals surface area (Å²) in [5.74, 6) is 0.811. The van der Waals surface area contributed by atoms with Crippen LogP contribution in [0.3, 0.4) is 0 Å². The number of pyridine rings is 1. The van der Waals surface area contributed by atoms with Crippen molar-refractivity contribution < 1.29 is 9.53 Å². The van der Waals surface area contributed by atoms with Crippen LogP contribution in [0.25, 0.3) is 22.0 Å². The quantitative estimate of drug-likeness (QED) is 0.511. The number of aryl methyl sites for hydroxylation is 2. The molecule has 2 aromatic carbocycles. The maximum Gasteiger partial charge on any atom is 0.220 e. The minimum absolute atomic E-state index is 0.00377. The van der Waals surface area contributed by atoms with Crippen LogP contribution < -0.4 is 10.1 Å². The third-order valence-electron chi connectivity index (χ3n) is 5.22. The lowest BCUT2D eigenvalue weighted by atomic mass is 9.99. The van der Waals surface area contributed by atoms with Crippen molar-refractivity contribution in [3.05, 3.63) is 78.2 Å². The highest BCUT2D eigenvalue weighted by Crippen LogP contribution is 2.29. The maximum absolute atomic E-state index is 12.5. The lowest BCUT2D eigenvalue weighted by molar-refractivity contribution is -0.121. The number of carbonyl (C=O) groups excluding carboxylic acids is 1. The number of hydrogen-bond donors (Lipinski definition) is 1. The van der Waals surface area contributed by atoms with Crippen LogP contribution in [-0.4, -0.2) is 27.8 Å². The molecule has 0 atom stereocenters. The molecule has 2 aromatic heterocycles. The predicted octanol–water partition coefficient (Wildman–Crippen LogP) is 3.89. The van der Waals surface area contributed by atoms with E-state index in [1.54, 1.807) is 30.4 Å². The van der Waals surface area contributed by atoms with Gasteiger partial charge in [0.05, 0.1) is 12.8 Å². The average Bonchev–Trinajstić information content (AvgIpc) is 3.22. The molecule has 0 radical (unpaired) electrons. The van der Waals surface area contributed by atoms with Crippen LogP contribution in [-0.2, 0) is 24.8 Å². The van der Waals surface area contributed by atoms with E-state index in [0.717, 1.165) is 38.9 Å². The molecule has 0 saturated heterocycles. The van der Waals surface area contributed by atoms with Gasteiger partial charge in [-0.3, -0.25) is 14.5 Å². The Morgan fingerprint density at radius 3 is 2.80 bits per heavy atom. The zero-order valence-electron chi connectivity index (χ0n) is 17.1. The Labute approximate surface area is 175 Å². The second-order valence-electron chi connectivity index (χ2n) is 7.17. The lowest BCUT2D eigenvalue weighted by Crippen LogP contribution is -2.23. The van der Waals surface area contributed by atoms with Crippen molar-refractivity contribution in [1.82, 2.24) is 20.1 Å². The van der Waals surface area contributed by atoms with Crippen molar-refractivity contribution in [2.75, 3.05) is 7.11 Å². The van der Waals surface area contributed by atoms with Gasteiger partial charge in [0.1, 0.15) is 5.75 Å². The van der Waals surface area contributed by atoms with E-state index in [9.17, 15) is 4.79 Å². The van der Waals surface area contributed by atoms with Crippen LogP contribution in [0.1, 0.15) is 17.5 Å². The number of carbonyl (C=O) groups is 1. The van der Waals surface area contributed by atoms with Gasteiger partial charge < -0.3 is 10.1 Å². The summed E-state index contributed by atoms with van der Waals surface area (Å²) in [6.45, 7) is 0.435. The van der Waals surface area contributed by atoms with Gasteiger partial charge in [-0.05, 0) is 41.0 Å². The minimum Gasteiger partial charge on any atom is -0.496 e. The number of nitrogens with zero attached hydrogens (tertiary/aromatic N) is 3. The fraction of sp³-hybridized carbons (Fsp3) is 0.208. The Hall–Kier alpha value is -3.67. The summed E-state index contributed by atoms with van der Waals surface area (Å²) in [5, 5.41) is 9.46. The molecule has 0 unspecified atom stereocenters. The first-order chi connectivity index (χ1) is 14.7. The fourth-order valence-electron chi connectivity index (χ4n) is 3.67. The Bertz CT molecular complexity index is 1180. The Kier molecular flexibility index (Phi) is 5.75. The van der Waals surface area contributed by atoms with E-state index in [2.05, 4.69) is 27.5 Å². The van der Waals surface area contributed by atoms with Crippen molar-refractivity contribution >= 4 is 16.7 Å². The first-order valence-electron chi connectivity index (χ1n) is 9.89. The van der Waals surface area contributed by atoms with Gasteiger partial charge in [-0.1, -0.05) is 30.3 Å². The summed E-state index contributed by atoms with van der Waals surface area (Å²) in [7, 11) is 3.56. The Morgan fingerprint density at radius 2 is 2.00 bits per heavy atom. The first kappa shape index (κ1) is 19.6. The number of nitrogens with one attached hydrogen (secondary N) is 1. The summed E-state index contributed by atoms with van der Waals surface area (Å²) in [4.78, 5) is 16.8. The Morgan fingerprint density at radius 1 is 1.13 bits per heavy atom. The number of amides is 1. The normalized spacial score (nSPS) is 10.9. The molecule has 4 aromatic rings. The second kappa shape index (κ2) is 8.78. The molecule has 6 nitrogen and oxygen atoms in total. The van der Waals surface area contributed by atoms with Crippen LogP contribution in [0, 0.1) is 0 Å². The highest BCUT2D eigenvalue weighted by Gasteiger charge is 2.11. The molecule has 0 bridgehead atoms. The highest BCUT2D eigenvalue weighted by atomic mass is 16.5. The molecule has 1 N–H and O–H groups in total. The number of fused-ring (bicyclic) bond motifs is 1. The fourth-order valence-corrected chi connectivity index (χ4v) is 3.67. The van der Waals surface area contributed by atoms with Gasteiger partial charge in [-0.25, -0.2) is 0 Å². The van der Waals surface area contributed by atoms with Crippen LogP contribution in [0.5, 0.6) is 5.75 Å². The molecule has 30 heavy (non-hydrogen) atoms. The summed E-state index contributed by atoms with van der Waals surface area (Å²) < 4.78 is 7.33. The van der Waals surface area contributed by atoms with Crippen LogP contribution in [0.2, 0.25) is 0 Å². The van der Waals surface area contributed by atoms with Gasteiger partial charge >= 0.3 is 0 Å². The molecule has 1 amide bonds. The SMILES string of the molecule is COc1ccc2ccccc2c1CCC(=O)NCc1cncc(-c2ccnn2C)c1. The summed E-state index contributed by atoms with van der Waals surface area (Å²) in [5.41, 5.74) is 3.97. The number of rotatable bonds is 7. The zero-order chi connectivity index (χ0) is 20.9. The number of ether oxygens (including phenoxy) is 1. The van der Waals surface area contributed by atoms with Crippen molar-refractivity contribution in [2.45, 2.75) is 19.4 Å². The molecule has 152 valence electrons. The highest BCUT2D eigenvalue weighted by molar-refractivity contribution is 5.88. The smallest absolute Gasteiger partial charge is 0.220 e. The van der Waals surface area contributed by atoms with E-state index < -0.39 is 0 Å². The Balaban J connectivity index is 1.41. The van der Waals surface area contributed by atoms with Crippen molar-refractivity contribution in [3.63, 3.8) is 0 Å². The van der Waals surface area contributed by atoms with E-state index in [1.165, 1.54) is 0 Å². The van der Waals surface area contributed by atoms with E-state index in [-0.39, 0.29) is 5.91 Å². The average molecular weight is 400 g/mol. The molecule has 0 spiro atoms. The molecule has 2 heterocycles. The number of methoxy groups -OCH3 is 1. The van der Waals surface area contributed by atoms with Gasteiger partial charge in [0.25, 0.3) is 0 Å². The summed E-state index contributed by atoms with van der Waals surface area (Å²) in [6, 6.07) is 16.1. The number of benzene rings is 2. The molecular formula is C24H24N4O2. The van der Waals surface area contributed by atoms with Crippen molar-refractivity contribution in [3.8, 4) is 17.0 Å². The molecule has 0 aliphatic heterocycles. The van der Waals surface area contributed by atoms with Crippen LogP contribution in [0.15, 0.2) is 67.1 Å². The van der Waals surface area contributed by atoms with Gasteiger partial charge in [0, 0.05) is 49.7 Å². The van der Waals surface area contributed by atoms with E-state index in [4.69, 9.17) is 4.74 Å². The van der Waals surface area contributed by atoms with Crippen molar-refractivity contribution in [1.29, 1.82) is 0 Å². The van der Waals surface area contributed by atoms with Gasteiger partial charge in [0.2, 0.25) is 5.91 Å². The monoisotopic (exact) mass is 400 g/mol. The predicted molar refractivity (Wildman–Crippen MR) is 117 cm³/mol. The molecule has 0 aliphatic rings. The standard InChI is InChI=1S/C24H24N4O2/c1-28-22(11-12-27-28)19-13-17(14-25-16-19)15-26-24(29)10-8-21-20-6-4-3-5-18(20)7-9-23(21)30-2/h3-7,9,11-14,16H,8,10,15H2,1-2H3,(H,26,29). The van der Waals surface area contributed by atoms with Gasteiger partial charge in [-0.15, -0.1) is 0 Å². The van der Waals surface area contributed by atoms with Crippen LogP contribution in [0.4, 0.5) is 0 Å². The van der Waals surface area contributed by atoms with Crippen molar-refractivity contribution in [2.24, 2.45) is 7.05 Å². The minimum atomic E-state index is -0.00377. The largest absolute Gasteiger partial charge is 0.496 e. The van der Waals surface area contributed by atoms with Gasteiger partial charge in [-0.2, -0.15) is 5.10 Å². The molecule has 0 saturated carbocycles. The molecule has 0 fully saturated rings. The number of aromatic nitrogens is 3. The third kappa shape index (κ3) is 4.17. The lowest BCUT2D eigenvalue weighted by Gasteiger charge is -2.12.